The Morgan fingerprint density at radius 3 is 2.85 bits per heavy atom. The van der Waals surface area contributed by atoms with Crippen molar-refractivity contribution in [1.29, 1.82) is 0 Å². The third kappa shape index (κ3) is 5.23. The van der Waals surface area contributed by atoms with Crippen LogP contribution < -0.4 is 5.32 Å². The summed E-state index contributed by atoms with van der Waals surface area (Å²) in [5.74, 6) is 0. The van der Waals surface area contributed by atoms with Gasteiger partial charge in [0.15, 0.2) is 0 Å². The van der Waals surface area contributed by atoms with Gasteiger partial charge in [0.05, 0.1) is 0 Å². The SMILES string of the molecule is CCN(C)CCNC1CCN(CCc2ccccc2)C1. The van der Waals surface area contributed by atoms with Crippen molar-refractivity contribution in [2.45, 2.75) is 25.8 Å². The molecule has 1 saturated heterocycles. The minimum Gasteiger partial charge on any atom is -0.311 e. The molecule has 1 aromatic carbocycles. The quantitative estimate of drug-likeness (QED) is 0.781. The van der Waals surface area contributed by atoms with Gasteiger partial charge in [0, 0.05) is 32.2 Å². The molecule has 2 rings (SSSR count). The van der Waals surface area contributed by atoms with Crippen LogP contribution in [0, 0.1) is 0 Å². The van der Waals surface area contributed by atoms with Crippen molar-refractivity contribution in [2.24, 2.45) is 0 Å². The van der Waals surface area contributed by atoms with Crippen molar-refractivity contribution in [2.75, 3.05) is 46.3 Å². The molecule has 1 fully saturated rings. The Hall–Kier alpha value is -0.900. The largest absolute Gasteiger partial charge is 0.311 e. The number of rotatable bonds is 8. The van der Waals surface area contributed by atoms with Gasteiger partial charge < -0.3 is 15.1 Å². The second kappa shape index (κ2) is 8.40. The van der Waals surface area contributed by atoms with Gasteiger partial charge in [-0.05, 0) is 38.5 Å². The molecular weight excluding hydrogens is 246 g/mol. The predicted molar refractivity (Wildman–Crippen MR) is 86.2 cm³/mol. The molecule has 0 bridgehead atoms. The lowest BCUT2D eigenvalue weighted by Gasteiger charge is -2.18. The van der Waals surface area contributed by atoms with Crippen molar-refractivity contribution in [3.8, 4) is 0 Å². The zero-order valence-electron chi connectivity index (χ0n) is 13.0. The lowest BCUT2D eigenvalue weighted by Crippen LogP contribution is -2.37. The fourth-order valence-electron chi connectivity index (χ4n) is 2.75. The third-order valence-corrected chi connectivity index (χ3v) is 4.30. The molecule has 1 aliphatic rings. The molecule has 0 spiro atoms. The molecule has 0 amide bonds. The number of nitrogens with one attached hydrogen (secondary N) is 1. The van der Waals surface area contributed by atoms with Crippen LogP contribution in [0.25, 0.3) is 0 Å². The van der Waals surface area contributed by atoms with E-state index in [0.717, 1.165) is 19.6 Å². The summed E-state index contributed by atoms with van der Waals surface area (Å²) in [5, 5.41) is 3.69. The maximum absolute atomic E-state index is 3.69. The Kier molecular flexibility index (Phi) is 6.51. The van der Waals surface area contributed by atoms with E-state index in [2.05, 4.69) is 59.4 Å². The highest BCUT2D eigenvalue weighted by Gasteiger charge is 2.21. The standard InChI is InChI=1S/C17H29N3/c1-3-19(2)14-11-18-17-10-13-20(15-17)12-9-16-7-5-4-6-8-16/h4-8,17-18H,3,9-15H2,1-2H3. The highest BCUT2D eigenvalue weighted by atomic mass is 15.2. The van der Waals surface area contributed by atoms with Crippen molar-refractivity contribution in [3.05, 3.63) is 35.9 Å². The zero-order chi connectivity index (χ0) is 14.2. The molecule has 0 aliphatic carbocycles. The van der Waals surface area contributed by atoms with E-state index in [1.165, 1.54) is 38.0 Å². The Morgan fingerprint density at radius 1 is 1.30 bits per heavy atom. The van der Waals surface area contributed by atoms with Crippen molar-refractivity contribution in [3.63, 3.8) is 0 Å². The number of hydrogen-bond acceptors (Lipinski definition) is 3. The first-order valence-corrected chi connectivity index (χ1v) is 7.96. The summed E-state index contributed by atoms with van der Waals surface area (Å²) >= 11 is 0. The van der Waals surface area contributed by atoms with Crippen LogP contribution in [-0.2, 0) is 6.42 Å². The molecule has 112 valence electrons. The number of nitrogens with zero attached hydrogens (tertiary/aromatic N) is 2. The van der Waals surface area contributed by atoms with Gasteiger partial charge in [-0.3, -0.25) is 0 Å². The second-order valence-electron chi connectivity index (χ2n) is 5.87. The van der Waals surface area contributed by atoms with E-state index in [1.807, 2.05) is 0 Å². The third-order valence-electron chi connectivity index (χ3n) is 4.30. The first kappa shape index (κ1) is 15.5. The van der Waals surface area contributed by atoms with Crippen LogP contribution in [0.4, 0.5) is 0 Å². The van der Waals surface area contributed by atoms with E-state index in [0.29, 0.717) is 6.04 Å². The summed E-state index contributed by atoms with van der Waals surface area (Å²) < 4.78 is 0. The summed E-state index contributed by atoms with van der Waals surface area (Å²) in [7, 11) is 2.18. The van der Waals surface area contributed by atoms with Crippen LogP contribution in [0.3, 0.4) is 0 Å². The van der Waals surface area contributed by atoms with Crippen LogP contribution in [0.5, 0.6) is 0 Å². The van der Waals surface area contributed by atoms with Crippen molar-refractivity contribution in [1.82, 2.24) is 15.1 Å². The summed E-state index contributed by atoms with van der Waals surface area (Å²) in [6, 6.07) is 11.5. The monoisotopic (exact) mass is 275 g/mol. The topological polar surface area (TPSA) is 18.5 Å². The maximum atomic E-state index is 3.69. The summed E-state index contributed by atoms with van der Waals surface area (Å²) in [4.78, 5) is 4.95. The Labute approximate surface area is 124 Å². The average molecular weight is 275 g/mol. The van der Waals surface area contributed by atoms with Crippen LogP contribution in [-0.4, -0.2) is 62.2 Å². The van der Waals surface area contributed by atoms with E-state index in [9.17, 15) is 0 Å². The molecule has 1 aliphatic heterocycles. The minimum absolute atomic E-state index is 0.691. The van der Waals surface area contributed by atoms with Gasteiger partial charge in [-0.25, -0.2) is 0 Å². The van der Waals surface area contributed by atoms with Crippen molar-refractivity contribution >= 4 is 0 Å². The second-order valence-corrected chi connectivity index (χ2v) is 5.87. The fourth-order valence-corrected chi connectivity index (χ4v) is 2.75. The predicted octanol–water partition coefficient (Wildman–Crippen LogP) is 1.84. The molecule has 20 heavy (non-hydrogen) atoms. The zero-order valence-corrected chi connectivity index (χ0v) is 13.0. The molecule has 3 nitrogen and oxygen atoms in total. The summed E-state index contributed by atoms with van der Waals surface area (Å²) in [6.45, 7) is 9.25. The fraction of sp³-hybridized carbons (Fsp3) is 0.647. The number of likely N-dealkylation sites (tertiary alicyclic amines) is 1. The molecule has 1 aromatic rings. The molecule has 1 N–H and O–H groups in total. The van der Waals surface area contributed by atoms with Crippen LogP contribution in [0.2, 0.25) is 0 Å². The van der Waals surface area contributed by atoms with E-state index in [1.54, 1.807) is 0 Å². The Bertz CT molecular complexity index is 366. The van der Waals surface area contributed by atoms with Gasteiger partial charge in [-0.2, -0.15) is 0 Å². The Morgan fingerprint density at radius 2 is 2.10 bits per heavy atom. The molecule has 0 aromatic heterocycles. The average Bonchev–Trinajstić information content (AvgIpc) is 2.94. The first-order chi connectivity index (χ1) is 9.78. The molecule has 0 saturated carbocycles. The molecular formula is C17H29N3. The van der Waals surface area contributed by atoms with Gasteiger partial charge in [0.2, 0.25) is 0 Å². The lowest BCUT2D eigenvalue weighted by molar-refractivity contribution is 0.318. The van der Waals surface area contributed by atoms with Crippen LogP contribution in [0.15, 0.2) is 30.3 Å². The van der Waals surface area contributed by atoms with Gasteiger partial charge in [0.25, 0.3) is 0 Å². The van der Waals surface area contributed by atoms with Crippen LogP contribution in [0.1, 0.15) is 18.9 Å². The number of hydrogen-bond donors (Lipinski definition) is 1. The van der Waals surface area contributed by atoms with Crippen LogP contribution >= 0.6 is 0 Å². The highest BCUT2D eigenvalue weighted by Crippen LogP contribution is 2.10. The summed E-state index contributed by atoms with van der Waals surface area (Å²) in [5.41, 5.74) is 1.45. The molecule has 1 heterocycles. The Balaban J connectivity index is 1.60. The van der Waals surface area contributed by atoms with Gasteiger partial charge in [-0.15, -0.1) is 0 Å². The maximum Gasteiger partial charge on any atom is 0.0207 e. The number of benzene rings is 1. The lowest BCUT2D eigenvalue weighted by atomic mass is 10.1. The summed E-state index contributed by atoms with van der Waals surface area (Å²) in [6.07, 6.45) is 2.47. The first-order valence-electron chi connectivity index (χ1n) is 7.96. The van der Waals surface area contributed by atoms with Gasteiger partial charge in [-0.1, -0.05) is 37.3 Å². The molecule has 1 unspecified atom stereocenters. The smallest absolute Gasteiger partial charge is 0.0207 e. The van der Waals surface area contributed by atoms with E-state index in [4.69, 9.17) is 0 Å². The molecule has 1 atom stereocenters. The normalized spacial score (nSPS) is 19.9. The van der Waals surface area contributed by atoms with E-state index < -0.39 is 0 Å². The molecule has 0 radical (unpaired) electrons. The molecule has 3 heteroatoms. The number of likely N-dealkylation sites (N-methyl/N-ethyl adjacent to an activating group) is 1. The van der Waals surface area contributed by atoms with E-state index >= 15 is 0 Å². The van der Waals surface area contributed by atoms with Crippen molar-refractivity contribution < 1.29 is 0 Å². The van der Waals surface area contributed by atoms with Gasteiger partial charge in [0.1, 0.15) is 0 Å². The highest BCUT2D eigenvalue weighted by molar-refractivity contribution is 5.14. The minimum atomic E-state index is 0.691. The van der Waals surface area contributed by atoms with E-state index in [-0.39, 0.29) is 0 Å². The van der Waals surface area contributed by atoms with Gasteiger partial charge >= 0.3 is 0 Å².